The number of hydrogen-bond donors (Lipinski definition) is 0. The lowest BCUT2D eigenvalue weighted by Gasteiger charge is -2.24. The number of esters is 1. The normalized spacial score (nSPS) is 19.7. The highest BCUT2D eigenvalue weighted by molar-refractivity contribution is 5.90. The summed E-state index contributed by atoms with van der Waals surface area (Å²) in [5, 5.41) is 0. The van der Waals surface area contributed by atoms with Crippen LogP contribution in [0.15, 0.2) is 18.2 Å². The zero-order valence-electron chi connectivity index (χ0n) is 17.0. The molecule has 0 radical (unpaired) electrons. The maximum absolute atomic E-state index is 12.5. The van der Waals surface area contributed by atoms with Crippen molar-refractivity contribution in [3.63, 3.8) is 0 Å². The highest BCUT2D eigenvalue weighted by Gasteiger charge is 2.40. The van der Waals surface area contributed by atoms with Crippen LogP contribution in [-0.4, -0.2) is 48.0 Å². The second-order valence-electron chi connectivity index (χ2n) is 8.00. The summed E-state index contributed by atoms with van der Waals surface area (Å²) in [7, 11) is 0. The second-order valence-corrected chi connectivity index (χ2v) is 8.00. The van der Waals surface area contributed by atoms with Crippen LogP contribution in [0.4, 0.5) is 4.79 Å². The molecule has 1 fully saturated rings. The first-order valence-electron chi connectivity index (χ1n) is 9.29. The van der Waals surface area contributed by atoms with Crippen LogP contribution in [0, 0.1) is 12.8 Å². The van der Waals surface area contributed by atoms with E-state index in [4.69, 9.17) is 9.47 Å². The van der Waals surface area contributed by atoms with Crippen molar-refractivity contribution in [3.05, 3.63) is 34.9 Å². The lowest BCUT2D eigenvalue weighted by Crippen LogP contribution is -2.35. The molecule has 1 aliphatic rings. The van der Waals surface area contributed by atoms with Crippen LogP contribution in [0.2, 0.25) is 0 Å². The third-order valence-electron chi connectivity index (χ3n) is 4.68. The molecule has 2 atom stereocenters. The summed E-state index contributed by atoms with van der Waals surface area (Å²) in [6.07, 6.45) is -0.421. The highest BCUT2D eigenvalue weighted by atomic mass is 16.6. The van der Waals surface area contributed by atoms with E-state index in [1.165, 1.54) is 0 Å². The predicted octanol–water partition coefficient (Wildman–Crippen LogP) is 3.71. The summed E-state index contributed by atoms with van der Waals surface area (Å²) >= 11 is 0. The first-order chi connectivity index (χ1) is 12.5. The van der Waals surface area contributed by atoms with Crippen molar-refractivity contribution in [2.75, 3.05) is 19.7 Å². The molecule has 1 aromatic carbocycles. The maximum atomic E-state index is 12.5. The van der Waals surface area contributed by atoms with Gasteiger partial charge in [0.25, 0.3) is 0 Å². The van der Waals surface area contributed by atoms with E-state index in [0.717, 1.165) is 11.1 Å². The van der Waals surface area contributed by atoms with Crippen molar-refractivity contribution < 1.29 is 23.9 Å². The Bertz CT molecular complexity index is 735. The van der Waals surface area contributed by atoms with Crippen LogP contribution in [0.1, 0.15) is 62.0 Å². The number of benzene rings is 1. The van der Waals surface area contributed by atoms with E-state index in [0.29, 0.717) is 25.3 Å². The highest BCUT2D eigenvalue weighted by Crippen LogP contribution is 2.36. The van der Waals surface area contributed by atoms with Gasteiger partial charge in [0.2, 0.25) is 0 Å². The average molecular weight is 375 g/mol. The first kappa shape index (κ1) is 20.9. The van der Waals surface area contributed by atoms with Crippen molar-refractivity contribution in [3.8, 4) is 0 Å². The van der Waals surface area contributed by atoms with Crippen molar-refractivity contribution in [1.29, 1.82) is 0 Å². The van der Waals surface area contributed by atoms with E-state index in [-0.39, 0.29) is 23.6 Å². The van der Waals surface area contributed by atoms with Crippen molar-refractivity contribution in [2.45, 2.75) is 53.1 Å². The molecule has 27 heavy (non-hydrogen) atoms. The molecule has 0 aromatic heterocycles. The molecule has 0 spiro atoms. The molecule has 1 amide bonds. The van der Waals surface area contributed by atoms with Gasteiger partial charge in [-0.25, -0.2) is 9.59 Å². The molecule has 0 unspecified atom stereocenters. The Labute approximate surface area is 160 Å². The van der Waals surface area contributed by atoms with Gasteiger partial charge in [-0.3, -0.25) is 4.79 Å². The monoisotopic (exact) mass is 375 g/mol. The Morgan fingerprint density at radius 1 is 1.19 bits per heavy atom. The van der Waals surface area contributed by atoms with E-state index in [2.05, 4.69) is 0 Å². The van der Waals surface area contributed by atoms with Gasteiger partial charge < -0.3 is 14.4 Å². The van der Waals surface area contributed by atoms with Crippen LogP contribution < -0.4 is 0 Å². The number of carbonyl (C=O) groups excluding carboxylic acids is 3. The van der Waals surface area contributed by atoms with Crippen molar-refractivity contribution in [2.24, 2.45) is 5.92 Å². The topological polar surface area (TPSA) is 72.9 Å². The lowest BCUT2D eigenvalue weighted by molar-refractivity contribution is -0.120. The van der Waals surface area contributed by atoms with Crippen LogP contribution in [0.25, 0.3) is 0 Å². The number of amides is 1. The lowest BCUT2D eigenvalue weighted by atomic mass is 9.84. The van der Waals surface area contributed by atoms with Crippen LogP contribution in [0.5, 0.6) is 0 Å². The number of hydrogen-bond acceptors (Lipinski definition) is 5. The van der Waals surface area contributed by atoms with E-state index < -0.39 is 11.7 Å². The van der Waals surface area contributed by atoms with Crippen molar-refractivity contribution in [1.82, 2.24) is 4.90 Å². The minimum atomic E-state index is -0.597. The molecule has 1 heterocycles. The Balaban J connectivity index is 2.32. The Morgan fingerprint density at radius 2 is 1.85 bits per heavy atom. The van der Waals surface area contributed by atoms with Gasteiger partial charge in [-0.2, -0.15) is 0 Å². The van der Waals surface area contributed by atoms with E-state index >= 15 is 0 Å². The van der Waals surface area contributed by atoms with E-state index in [1.54, 1.807) is 30.9 Å². The van der Waals surface area contributed by atoms with Gasteiger partial charge in [-0.05, 0) is 64.8 Å². The third kappa shape index (κ3) is 5.08. The molecule has 1 aliphatic heterocycles. The van der Waals surface area contributed by atoms with Gasteiger partial charge in [0.15, 0.2) is 0 Å². The summed E-state index contributed by atoms with van der Waals surface area (Å²) in [5.41, 5.74) is 1.73. The molecule has 0 N–H and O–H groups in total. The Kier molecular flexibility index (Phi) is 6.29. The zero-order valence-corrected chi connectivity index (χ0v) is 17.0. The Hall–Kier alpha value is -2.37. The number of rotatable bonds is 4. The van der Waals surface area contributed by atoms with Crippen LogP contribution >= 0.6 is 0 Å². The molecule has 148 valence electrons. The fraction of sp³-hybridized carbons (Fsp3) is 0.571. The van der Waals surface area contributed by atoms with Crippen LogP contribution in [-0.2, 0) is 14.3 Å². The average Bonchev–Trinajstić information content (AvgIpc) is 2.99. The molecule has 1 aromatic rings. The molecular weight excluding hydrogens is 346 g/mol. The molecule has 6 nitrogen and oxygen atoms in total. The summed E-state index contributed by atoms with van der Waals surface area (Å²) < 4.78 is 10.5. The summed E-state index contributed by atoms with van der Waals surface area (Å²) in [6.45, 7) is 11.7. The molecule has 6 heteroatoms. The number of ether oxygens (including phenoxy) is 2. The summed E-state index contributed by atoms with van der Waals surface area (Å²) in [6, 6.07) is 5.36. The fourth-order valence-corrected chi connectivity index (χ4v) is 3.39. The number of Topliss-reactive ketones (excluding diaryl/α,β-unsaturated/α-hetero) is 1. The van der Waals surface area contributed by atoms with Gasteiger partial charge in [0.05, 0.1) is 12.2 Å². The minimum absolute atomic E-state index is 0.0204. The molecule has 0 saturated carbocycles. The fourth-order valence-electron chi connectivity index (χ4n) is 3.39. The van der Waals surface area contributed by atoms with Gasteiger partial charge in [-0.15, -0.1) is 0 Å². The Morgan fingerprint density at radius 3 is 2.41 bits per heavy atom. The van der Waals surface area contributed by atoms with Gasteiger partial charge in [-0.1, -0.05) is 6.07 Å². The van der Waals surface area contributed by atoms with Gasteiger partial charge >= 0.3 is 12.1 Å². The smallest absolute Gasteiger partial charge is 0.410 e. The largest absolute Gasteiger partial charge is 0.462 e. The summed E-state index contributed by atoms with van der Waals surface area (Å²) in [5.74, 6) is -0.870. The van der Waals surface area contributed by atoms with E-state index in [9.17, 15) is 14.4 Å². The minimum Gasteiger partial charge on any atom is -0.462 e. The third-order valence-corrected chi connectivity index (χ3v) is 4.68. The second kappa shape index (κ2) is 8.11. The molecule has 2 rings (SSSR count). The number of carbonyl (C=O) groups is 3. The first-order valence-corrected chi connectivity index (χ1v) is 9.29. The molecule has 0 aliphatic carbocycles. The number of nitrogens with zero attached hydrogens (tertiary/aromatic N) is 1. The molecule has 1 saturated heterocycles. The van der Waals surface area contributed by atoms with Gasteiger partial charge in [0.1, 0.15) is 11.4 Å². The molecular formula is C21H29NO5. The van der Waals surface area contributed by atoms with E-state index in [1.807, 2.05) is 33.8 Å². The van der Waals surface area contributed by atoms with Crippen LogP contribution in [0.3, 0.4) is 0 Å². The van der Waals surface area contributed by atoms with Crippen molar-refractivity contribution >= 4 is 17.8 Å². The number of ketones is 1. The summed E-state index contributed by atoms with van der Waals surface area (Å²) in [4.78, 5) is 38.4. The zero-order chi connectivity index (χ0) is 20.4. The predicted molar refractivity (Wildman–Crippen MR) is 102 cm³/mol. The quantitative estimate of drug-likeness (QED) is 0.750. The standard InChI is InChI=1S/C21H29NO5/c1-7-26-19(24)15-9-8-13(2)16(10-15)18-12-22(11-17(18)14(3)23)20(25)27-21(4,5)6/h8-10,17-18H,7,11-12H2,1-6H3/t17-,18-/m1/s1. The number of aryl methyl sites for hydroxylation is 1. The molecule has 0 bridgehead atoms. The maximum Gasteiger partial charge on any atom is 0.410 e. The SMILES string of the molecule is CCOC(=O)c1ccc(C)c([C@H]2CN(C(=O)OC(C)(C)C)C[C@@H]2C(C)=O)c1. The number of likely N-dealkylation sites (tertiary alicyclic amines) is 1. The van der Waals surface area contributed by atoms with Gasteiger partial charge in [0, 0.05) is 24.9 Å².